The summed E-state index contributed by atoms with van der Waals surface area (Å²) < 4.78 is 5.27. The van der Waals surface area contributed by atoms with E-state index in [1.54, 1.807) is 0 Å². The van der Waals surface area contributed by atoms with Gasteiger partial charge in [0, 0.05) is 11.0 Å². The van der Waals surface area contributed by atoms with Crippen molar-refractivity contribution in [3.05, 3.63) is 10.4 Å². The van der Waals surface area contributed by atoms with E-state index in [9.17, 15) is 4.79 Å². The van der Waals surface area contributed by atoms with Crippen molar-refractivity contribution < 1.29 is 9.53 Å². The van der Waals surface area contributed by atoms with Crippen molar-refractivity contribution in [1.82, 2.24) is 5.32 Å². The Kier molecular flexibility index (Phi) is 16.6. The van der Waals surface area contributed by atoms with Gasteiger partial charge >= 0.3 is 6.09 Å². The van der Waals surface area contributed by atoms with Crippen molar-refractivity contribution >= 4 is 6.09 Å². The van der Waals surface area contributed by atoms with Gasteiger partial charge in [-0.15, -0.1) is 0 Å². The van der Waals surface area contributed by atoms with Crippen LogP contribution < -0.4 is 5.32 Å². The van der Waals surface area contributed by atoms with Gasteiger partial charge in [0.1, 0.15) is 5.60 Å². The van der Waals surface area contributed by atoms with Crippen molar-refractivity contribution in [2.45, 2.75) is 142 Å². The van der Waals surface area contributed by atoms with E-state index in [0.717, 1.165) is 19.3 Å². The third-order valence-corrected chi connectivity index (χ3v) is 5.12. The lowest BCUT2D eigenvalue weighted by Crippen LogP contribution is -2.42. The molecule has 0 aliphatic heterocycles. The highest BCUT2D eigenvalue weighted by Gasteiger charge is 2.21. The molecule has 0 heterocycles. The minimum Gasteiger partial charge on any atom is -0.444 e. The summed E-state index contributed by atoms with van der Waals surface area (Å²) in [5.41, 5.74) is 8.29. The molecule has 0 aromatic rings. The zero-order valence-electron chi connectivity index (χ0n) is 19.7. The fourth-order valence-corrected chi connectivity index (χ4v) is 3.43. The highest BCUT2D eigenvalue weighted by molar-refractivity contribution is 5.68. The fraction of sp³-hybridized carbons (Fsp3) is 0.957. The number of alkyl carbamates (subject to hydrolysis) is 1. The number of hydrogen-bond donors (Lipinski definition) is 1. The van der Waals surface area contributed by atoms with Gasteiger partial charge < -0.3 is 10.1 Å². The van der Waals surface area contributed by atoms with Crippen LogP contribution >= 0.6 is 0 Å². The Hall–Kier alpha value is -1.42. The van der Waals surface area contributed by atoms with Crippen LogP contribution in [-0.2, 0) is 4.74 Å². The molecule has 0 saturated heterocycles. The van der Waals surface area contributed by atoms with Crippen LogP contribution in [0.15, 0.2) is 5.11 Å². The van der Waals surface area contributed by atoms with Gasteiger partial charge in [0.15, 0.2) is 0 Å². The zero-order chi connectivity index (χ0) is 22.0. The second-order valence-electron chi connectivity index (χ2n) is 9.24. The summed E-state index contributed by atoms with van der Waals surface area (Å²) in [7, 11) is 0. The minimum atomic E-state index is -0.535. The van der Waals surface area contributed by atoms with Gasteiger partial charge in [0.2, 0.25) is 0 Å². The summed E-state index contributed by atoms with van der Waals surface area (Å²) in [5, 5.41) is 6.67. The third kappa shape index (κ3) is 18.4. The first-order chi connectivity index (χ1) is 13.8. The number of unbranched alkanes of at least 4 members (excludes halogenated alkanes) is 12. The van der Waals surface area contributed by atoms with Crippen molar-refractivity contribution in [1.29, 1.82) is 0 Å². The highest BCUT2D eigenvalue weighted by Crippen LogP contribution is 2.16. The SMILES string of the molecule is CCCCCCCCCCCCCCCC(N=[N+]=[N-])C(C)NC(=O)OC(C)(C)C. The molecule has 0 bridgehead atoms. The monoisotopic (exact) mass is 410 g/mol. The third-order valence-electron chi connectivity index (χ3n) is 5.12. The molecule has 0 rings (SSSR count). The van der Waals surface area contributed by atoms with Crippen LogP contribution in [0.5, 0.6) is 0 Å². The van der Waals surface area contributed by atoms with Crippen molar-refractivity contribution in [3.63, 3.8) is 0 Å². The summed E-state index contributed by atoms with van der Waals surface area (Å²) in [6.07, 6.45) is 17.4. The average molecular weight is 411 g/mol. The van der Waals surface area contributed by atoms with Gasteiger partial charge in [-0.2, -0.15) is 0 Å². The van der Waals surface area contributed by atoms with E-state index in [2.05, 4.69) is 22.3 Å². The van der Waals surface area contributed by atoms with Crippen molar-refractivity contribution in [2.24, 2.45) is 5.11 Å². The topological polar surface area (TPSA) is 87.1 Å². The molecule has 0 spiro atoms. The second-order valence-corrected chi connectivity index (χ2v) is 9.24. The van der Waals surface area contributed by atoms with E-state index >= 15 is 0 Å². The summed E-state index contributed by atoms with van der Waals surface area (Å²) in [6.45, 7) is 9.62. The average Bonchev–Trinajstić information content (AvgIpc) is 2.62. The zero-order valence-corrected chi connectivity index (χ0v) is 19.7. The predicted octanol–water partition coefficient (Wildman–Crippen LogP) is 8.06. The van der Waals surface area contributed by atoms with E-state index in [-0.39, 0.29) is 12.1 Å². The number of nitrogens with zero attached hydrogens (tertiary/aromatic N) is 3. The quantitative estimate of drug-likeness (QED) is 0.114. The van der Waals surface area contributed by atoms with E-state index in [0.29, 0.717) is 0 Å². The molecule has 0 aromatic carbocycles. The number of ether oxygens (including phenoxy) is 1. The lowest BCUT2D eigenvalue weighted by atomic mass is 10.0. The number of carbonyl (C=O) groups excluding carboxylic acids is 1. The molecule has 0 aliphatic rings. The van der Waals surface area contributed by atoms with Crippen LogP contribution in [0.2, 0.25) is 0 Å². The van der Waals surface area contributed by atoms with Gasteiger partial charge in [-0.3, -0.25) is 0 Å². The van der Waals surface area contributed by atoms with E-state index in [4.69, 9.17) is 10.3 Å². The summed E-state index contributed by atoms with van der Waals surface area (Å²) >= 11 is 0. The number of nitrogens with one attached hydrogen (secondary N) is 1. The molecule has 6 heteroatoms. The molecule has 1 N–H and O–H groups in total. The van der Waals surface area contributed by atoms with Crippen LogP contribution in [0.1, 0.15) is 125 Å². The molecular formula is C23H46N4O2. The van der Waals surface area contributed by atoms with E-state index < -0.39 is 11.7 Å². The Bertz CT molecular complexity index is 456. The molecule has 29 heavy (non-hydrogen) atoms. The summed E-state index contributed by atoms with van der Waals surface area (Å²) in [5.74, 6) is 0. The Morgan fingerprint density at radius 3 is 1.79 bits per heavy atom. The maximum atomic E-state index is 11.9. The standard InChI is InChI=1S/C23H46N4O2/c1-6-7-8-9-10-11-12-13-14-15-16-17-18-19-21(26-27-24)20(2)25-22(28)29-23(3,4)5/h20-21H,6-19H2,1-5H3,(H,25,28). The molecule has 0 fully saturated rings. The smallest absolute Gasteiger partial charge is 0.407 e. The number of carbonyl (C=O) groups is 1. The first kappa shape index (κ1) is 27.6. The number of rotatable bonds is 17. The molecule has 0 radical (unpaired) electrons. The first-order valence-electron chi connectivity index (χ1n) is 11.8. The minimum absolute atomic E-state index is 0.236. The Labute approximate surface area is 179 Å². The van der Waals surface area contributed by atoms with E-state index in [1.165, 1.54) is 70.6 Å². The van der Waals surface area contributed by atoms with Gasteiger partial charge in [-0.25, -0.2) is 4.79 Å². The van der Waals surface area contributed by atoms with Crippen LogP contribution in [-0.4, -0.2) is 23.8 Å². The molecule has 1 amide bonds. The lowest BCUT2D eigenvalue weighted by Gasteiger charge is -2.24. The molecule has 0 aromatic heterocycles. The summed E-state index contributed by atoms with van der Waals surface area (Å²) in [4.78, 5) is 14.9. The Morgan fingerprint density at radius 2 is 1.38 bits per heavy atom. The molecule has 2 unspecified atom stereocenters. The van der Waals surface area contributed by atoms with Crippen molar-refractivity contribution in [3.8, 4) is 0 Å². The van der Waals surface area contributed by atoms with Gasteiger partial charge in [0.05, 0.1) is 6.04 Å². The highest BCUT2D eigenvalue weighted by atomic mass is 16.6. The molecule has 6 nitrogen and oxygen atoms in total. The van der Waals surface area contributed by atoms with E-state index in [1.807, 2.05) is 27.7 Å². The Morgan fingerprint density at radius 1 is 0.931 bits per heavy atom. The fourth-order valence-electron chi connectivity index (χ4n) is 3.43. The number of amides is 1. The second kappa shape index (κ2) is 17.4. The number of hydrogen-bond acceptors (Lipinski definition) is 3. The molecule has 0 saturated carbocycles. The van der Waals surface area contributed by atoms with Crippen LogP contribution in [0.25, 0.3) is 10.4 Å². The van der Waals surface area contributed by atoms with Gasteiger partial charge in [-0.05, 0) is 39.6 Å². The normalized spacial score (nSPS) is 13.4. The van der Waals surface area contributed by atoms with Crippen LogP contribution in [0.3, 0.4) is 0 Å². The largest absolute Gasteiger partial charge is 0.444 e. The molecule has 0 aliphatic carbocycles. The summed E-state index contributed by atoms with van der Waals surface area (Å²) in [6, 6.07) is -0.474. The molecular weight excluding hydrogens is 364 g/mol. The van der Waals surface area contributed by atoms with Gasteiger partial charge in [-0.1, -0.05) is 95.5 Å². The maximum Gasteiger partial charge on any atom is 0.407 e. The van der Waals surface area contributed by atoms with Gasteiger partial charge in [0.25, 0.3) is 0 Å². The maximum absolute atomic E-state index is 11.9. The van der Waals surface area contributed by atoms with Crippen LogP contribution in [0.4, 0.5) is 4.79 Å². The number of azide groups is 1. The van der Waals surface area contributed by atoms with Crippen LogP contribution in [0, 0.1) is 0 Å². The molecule has 2 atom stereocenters. The molecule has 170 valence electrons. The Balaban J connectivity index is 3.79. The lowest BCUT2D eigenvalue weighted by molar-refractivity contribution is 0.0500. The first-order valence-corrected chi connectivity index (χ1v) is 11.8. The van der Waals surface area contributed by atoms with Crippen molar-refractivity contribution in [2.75, 3.05) is 0 Å². The predicted molar refractivity (Wildman–Crippen MR) is 122 cm³/mol.